The molecule has 0 atom stereocenters. The molecule has 0 radical (unpaired) electrons. The molecule has 1 N–H and O–H groups in total. The van der Waals surface area contributed by atoms with Crippen LogP contribution in [-0.2, 0) is 13.1 Å². The third-order valence-electron chi connectivity index (χ3n) is 3.04. The van der Waals surface area contributed by atoms with Gasteiger partial charge in [0, 0.05) is 19.3 Å². The summed E-state index contributed by atoms with van der Waals surface area (Å²) in [6.07, 6.45) is 1.89. The summed E-state index contributed by atoms with van der Waals surface area (Å²) in [6.45, 7) is 3.90. The number of aromatic nitrogens is 1. The van der Waals surface area contributed by atoms with Crippen LogP contribution in [0.1, 0.15) is 16.8 Å². The number of benzene rings is 1. The van der Waals surface area contributed by atoms with E-state index in [0.717, 1.165) is 30.3 Å². The van der Waals surface area contributed by atoms with Crippen molar-refractivity contribution in [3.05, 3.63) is 53.3 Å². The van der Waals surface area contributed by atoms with Crippen LogP contribution in [-0.4, -0.2) is 11.8 Å². The molecule has 3 rings (SSSR count). The number of rotatable bonds is 4. The highest BCUT2D eigenvalue weighted by molar-refractivity contribution is 5.44. The van der Waals surface area contributed by atoms with Crippen molar-refractivity contribution in [2.24, 2.45) is 0 Å². The van der Waals surface area contributed by atoms with Crippen molar-refractivity contribution in [2.45, 2.75) is 20.0 Å². The Morgan fingerprint density at radius 3 is 2.84 bits per heavy atom. The van der Waals surface area contributed by atoms with Crippen LogP contribution in [0.25, 0.3) is 0 Å². The summed E-state index contributed by atoms with van der Waals surface area (Å²) >= 11 is 0. The predicted octanol–water partition coefficient (Wildman–Crippen LogP) is 2.41. The Hall–Kier alpha value is -2.07. The van der Waals surface area contributed by atoms with E-state index in [-0.39, 0.29) is 0 Å². The van der Waals surface area contributed by atoms with Crippen LogP contribution in [0.5, 0.6) is 11.5 Å². The van der Waals surface area contributed by atoms with Gasteiger partial charge in [0.1, 0.15) is 0 Å². The number of hydrogen-bond donors (Lipinski definition) is 1. The number of fused-ring (bicyclic) bond motifs is 1. The number of ether oxygens (including phenoxy) is 2. The molecule has 1 aliphatic rings. The number of pyridine rings is 1. The molecule has 4 nitrogen and oxygen atoms in total. The van der Waals surface area contributed by atoms with Gasteiger partial charge in [-0.2, -0.15) is 0 Å². The summed E-state index contributed by atoms with van der Waals surface area (Å²) < 4.78 is 10.6. The maximum Gasteiger partial charge on any atom is 0.231 e. The maximum absolute atomic E-state index is 5.35. The minimum absolute atomic E-state index is 0.319. The van der Waals surface area contributed by atoms with Crippen molar-refractivity contribution in [2.75, 3.05) is 6.79 Å². The lowest BCUT2D eigenvalue weighted by molar-refractivity contribution is 0.174. The monoisotopic (exact) mass is 256 g/mol. The highest BCUT2D eigenvalue weighted by atomic mass is 16.7. The summed E-state index contributed by atoms with van der Waals surface area (Å²) in [6, 6.07) is 10.1. The molecule has 0 bridgehead atoms. The van der Waals surface area contributed by atoms with E-state index in [1.54, 1.807) is 0 Å². The molecule has 0 fully saturated rings. The van der Waals surface area contributed by atoms with E-state index in [1.165, 1.54) is 11.1 Å². The first-order valence-corrected chi connectivity index (χ1v) is 6.32. The van der Waals surface area contributed by atoms with Gasteiger partial charge in [-0.25, -0.2) is 0 Å². The Balaban J connectivity index is 1.56. The van der Waals surface area contributed by atoms with Gasteiger partial charge in [-0.15, -0.1) is 0 Å². The van der Waals surface area contributed by atoms with Gasteiger partial charge in [-0.05, 0) is 36.2 Å². The third-order valence-corrected chi connectivity index (χ3v) is 3.04. The Morgan fingerprint density at radius 1 is 1.11 bits per heavy atom. The van der Waals surface area contributed by atoms with Gasteiger partial charge >= 0.3 is 0 Å². The zero-order chi connectivity index (χ0) is 13.1. The smallest absolute Gasteiger partial charge is 0.231 e. The second kappa shape index (κ2) is 5.28. The fourth-order valence-corrected chi connectivity index (χ4v) is 1.99. The van der Waals surface area contributed by atoms with Gasteiger partial charge in [-0.1, -0.05) is 12.1 Å². The molecule has 0 aliphatic carbocycles. The number of nitrogens with zero attached hydrogens (tertiary/aromatic N) is 1. The van der Waals surface area contributed by atoms with Crippen molar-refractivity contribution >= 4 is 0 Å². The molecule has 1 aromatic heterocycles. The topological polar surface area (TPSA) is 43.4 Å². The predicted molar refractivity (Wildman–Crippen MR) is 72.1 cm³/mol. The third kappa shape index (κ3) is 2.85. The molecule has 0 spiro atoms. The normalized spacial score (nSPS) is 12.7. The Kier molecular flexibility index (Phi) is 3.33. The van der Waals surface area contributed by atoms with Gasteiger partial charge in [0.2, 0.25) is 6.79 Å². The molecule has 0 saturated heterocycles. The first-order valence-electron chi connectivity index (χ1n) is 6.32. The van der Waals surface area contributed by atoms with E-state index in [4.69, 9.17) is 9.47 Å². The van der Waals surface area contributed by atoms with Crippen LogP contribution >= 0.6 is 0 Å². The Morgan fingerprint density at radius 2 is 2.00 bits per heavy atom. The Bertz CT molecular complexity index is 567. The summed E-state index contributed by atoms with van der Waals surface area (Å²) in [4.78, 5) is 4.36. The summed E-state index contributed by atoms with van der Waals surface area (Å²) in [5.74, 6) is 1.65. The average molecular weight is 256 g/mol. The quantitative estimate of drug-likeness (QED) is 0.912. The SMILES string of the molecule is Cc1ccc(CNCc2ccc3c(c2)OCO3)nc1. The van der Waals surface area contributed by atoms with E-state index in [9.17, 15) is 0 Å². The minimum atomic E-state index is 0.319. The maximum atomic E-state index is 5.35. The minimum Gasteiger partial charge on any atom is -0.454 e. The summed E-state index contributed by atoms with van der Waals surface area (Å²) in [5, 5.41) is 3.37. The fourth-order valence-electron chi connectivity index (χ4n) is 1.99. The Labute approximate surface area is 112 Å². The van der Waals surface area contributed by atoms with E-state index in [1.807, 2.05) is 37.4 Å². The van der Waals surface area contributed by atoms with Gasteiger partial charge in [0.25, 0.3) is 0 Å². The van der Waals surface area contributed by atoms with Gasteiger partial charge < -0.3 is 14.8 Å². The number of hydrogen-bond acceptors (Lipinski definition) is 4. The molecule has 2 aromatic rings. The number of aryl methyl sites for hydroxylation is 1. The molecule has 1 aromatic carbocycles. The fraction of sp³-hybridized carbons (Fsp3) is 0.267. The van der Waals surface area contributed by atoms with E-state index in [2.05, 4.69) is 16.4 Å². The van der Waals surface area contributed by atoms with E-state index < -0.39 is 0 Å². The van der Waals surface area contributed by atoms with Crippen LogP contribution < -0.4 is 14.8 Å². The molecular formula is C15H16N2O2. The van der Waals surface area contributed by atoms with E-state index >= 15 is 0 Å². The van der Waals surface area contributed by atoms with Crippen LogP contribution in [0.4, 0.5) is 0 Å². The van der Waals surface area contributed by atoms with Crippen LogP contribution in [0.15, 0.2) is 36.5 Å². The van der Waals surface area contributed by atoms with Crippen LogP contribution in [0.3, 0.4) is 0 Å². The van der Waals surface area contributed by atoms with Crippen LogP contribution in [0, 0.1) is 6.92 Å². The van der Waals surface area contributed by atoms with Crippen molar-refractivity contribution in [3.8, 4) is 11.5 Å². The van der Waals surface area contributed by atoms with Crippen molar-refractivity contribution in [3.63, 3.8) is 0 Å². The molecule has 0 unspecified atom stereocenters. The second-order valence-electron chi connectivity index (χ2n) is 4.62. The molecule has 19 heavy (non-hydrogen) atoms. The van der Waals surface area contributed by atoms with Gasteiger partial charge in [0.15, 0.2) is 11.5 Å². The van der Waals surface area contributed by atoms with Crippen molar-refractivity contribution in [1.82, 2.24) is 10.3 Å². The summed E-state index contributed by atoms with van der Waals surface area (Å²) in [7, 11) is 0. The lowest BCUT2D eigenvalue weighted by Gasteiger charge is -2.06. The molecular weight excluding hydrogens is 240 g/mol. The first-order chi connectivity index (χ1) is 9.31. The van der Waals surface area contributed by atoms with E-state index in [0.29, 0.717) is 6.79 Å². The first kappa shape index (κ1) is 12.0. The van der Waals surface area contributed by atoms with Crippen molar-refractivity contribution in [1.29, 1.82) is 0 Å². The lowest BCUT2D eigenvalue weighted by Crippen LogP contribution is -2.13. The molecule has 2 heterocycles. The zero-order valence-corrected chi connectivity index (χ0v) is 10.8. The van der Waals surface area contributed by atoms with Gasteiger partial charge in [-0.3, -0.25) is 4.98 Å². The molecule has 0 saturated carbocycles. The van der Waals surface area contributed by atoms with Crippen molar-refractivity contribution < 1.29 is 9.47 Å². The largest absolute Gasteiger partial charge is 0.454 e. The number of nitrogens with one attached hydrogen (secondary N) is 1. The standard InChI is InChI=1S/C15H16N2O2/c1-11-2-4-13(17-7-11)9-16-8-12-3-5-14-15(6-12)19-10-18-14/h2-7,16H,8-10H2,1H3. The van der Waals surface area contributed by atoms with Gasteiger partial charge in [0.05, 0.1) is 5.69 Å². The highest BCUT2D eigenvalue weighted by Gasteiger charge is 2.12. The molecule has 1 aliphatic heterocycles. The zero-order valence-electron chi connectivity index (χ0n) is 10.8. The summed E-state index contributed by atoms with van der Waals surface area (Å²) in [5.41, 5.74) is 3.40. The molecule has 4 heteroatoms. The highest BCUT2D eigenvalue weighted by Crippen LogP contribution is 2.32. The average Bonchev–Trinajstić information content (AvgIpc) is 2.88. The molecule has 98 valence electrons. The molecule has 0 amide bonds. The van der Waals surface area contributed by atoms with Crippen LogP contribution in [0.2, 0.25) is 0 Å². The lowest BCUT2D eigenvalue weighted by atomic mass is 10.2. The second-order valence-corrected chi connectivity index (χ2v) is 4.62.